The predicted octanol–water partition coefficient (Wildman–Crippen LogP) is 2.37. The smallest absolute Gasteiger partial charge is 0.287 e. The summed E-state index contributed by atoms with van der Waals surface area (Å²) in [7, 11) is 1.54. The van der Waals surface area contributed by atoms with Crippen LogP contribution >= 0.6 is 11.6 Å². The second-order valence-corrected chi connectivity index (χ2v) is 7.21. The van der Waals surface area contributed by atoms with Gasteiger partial charge in [-0.15, -0.1) is 0 Å². The molecule has 2 aliphatic rings. The van der Waals surface area contributed by atoms with Gasteiger partial charge in [-0.05, 0) is 12.8 Å². The molecule has 0 radical (unpaired) electrons. The van der Waals surface area contributed by atoms with Crippen molar-refractivity contribution >= 4 is 23.1 Å². The minimum absolute atomic E-state index is 0.138. The number of hydrogen-bond donors (Lipinski definition) is 0. The van der Waals surface area contributed by atoms with E-state index < -0.39 is 6.43 Å². The third-order valence-corrected chi connectivity index (χ3v) is 5.28. The lowest BCUT2D eigenvalue weighted by Crippen LogP contribution is -2.47. The van der Waals surface area contributed by atoms with E-state index in [4.69, 9.17) is 11.6 Å². The number of anilines is 2. The van der Waals surface area contributed by atoms with E-state index >= 15 is 0 Å². The van der Waals surface area contributed by atoms with Gasteiger partial charge in [-0.2, -0.15) is 5.10 Å². The molecule has 7 nitrogen and oxygen atoms in total. The lowest BCUT2D eigenvalue weighted by Gasteiger charge is -2.37. The lowest BCUT2D eigenvalue weighted by molar-refractivity contribution is 0.145. The molecule has 0 N–H and O–H groups in total. The molecule has 1 aliphatic carbocycles. The van der Waals surface area contributed by atoms with Gasteiger partial charge in [-0.1, -0.05) is 11.6 Å². The van der Waals surface area contributed by atoms with Crippen LogP contribution in [0.4, 0.5) is 20.3 Å². The van der Waals surface area contributed by atoms with Crippen molar-refractivity contribution in [3.8, 4) is 0 Å². The molecule has 27 heavy (non-hydrogen) atoms. The highest BCUT2D eigenvalue weighted by Gasteiger charge is 2.30. The average Bonchev–Trinajstić information content (AvgIpc) is 3.51. The first kappa shape index (κ1) is 18.1. The molecular formula is C17H19ClF2N6O. The molecular weight excluding hydrogens is 378 g/mol. The summed E-state index contributed by atoms with van der Waals surface area (Å²) in [4.78, 5) is 24.5. The van der Waals surface area contributed by atoms with Crippen molar-refractivity contribution in [3.05, 3.63) is 39.2 Å². The number of aromatic nitrogens is 4. The predicted molar refractivity (Wildman–Crippen MR) is 97.9 cm³/mol. The normalized spacial score (nSPS) is 17.7. The maximum absolute atomic E-state index is 13.2. The van der Waals surface area contributed by atoms with Crippen LogP contribution in [0.5, 0.6) is 0 Å². The van der Waals surface area contributed by atoms with Crippen molar-refractivity contribution in [2.75, 3.05) is 36.0 Å². The van der Waals surface area contributed by atoms with Crippen molar-refractivity contribution in [2.24, 2.45) is 7.05 Å². The van der Waals surface area contributed by atoms with Crippen molar-refractivity contribution in [1.29, 1.82) is 0 Å². The summed E-state index contributed by atoms with van der Waals surface area (Å²) in [5, 5.41) is 4.16. The zero-order chi connectivity index (χ0) is 19.1. The molecule has 0 unspecified atom stereocenters. The molecule has 2 aromatic heterocycles. The van der Waals surface area contributed by atoms with Crippen LogP contribution in [0, 0.1) is 0 Å². The van der Waals surface area contributed by atoms with Gasteiger partial charge in [0.05, 0.1) is 11.9 Å². The molecule has 1 saturated heterocycles. The zero-order valence-electron chi connectivity index (χ0n) is 14.8. The first-order chi connectivity index (χ1) is 12.9. The van der Waals surface area contributed by atoms with Crippen LogP contribution in [0.3, 0.4) is 0 Å². The number of rotatable bonds is 4. The molecule has 0 atom stereocenters. The standard InChI is InChI=1S/C17H19ClF2N6O/c1-24-17(27)14(18)12(9-21-24)25-4-6-26(7-5-25)13-8-11(15(19)20)22-16(23-13)10-2-3-10/h8-10,15H,2-7H2,1H3. The second kappa shape index (κ2) is 7.03. The van der Waals surface area contributed by atoms with Gasteiger partial charge in [0.2, 0.25) is 0 Å². The number of halogens is 3. The number of hydrogen-bond acceptors (Lipinski definition) is 6. The highest BCUT2D eigenvalue weighted by Crippen LogP contribution is 2.39. The van der Waals surface area contributed by atoms with E-state index in [2.05, 4.69) is 15.1 Å². The summed E-state index contributed by atoms with van der Waals surface area (Å²) in [6, 6.07) is 1.37. The van der Waals surface area contributed by atoms with Gasteiger partial charge in [0.15, 0.2) is 0 Å². The summed E-state index contributed by atoms with van der Waals surface area (Å²) in [6.45, 7) is 2.33. The second-order valence-electron chi connectivity index (χ2n) is 6.83. The molecule has 0 bridgehead atoms. The van der Waals surface area contributed by atoms with E-state index in [1.807, 2.05) is 9.80 Å². The summed E-state index contributed by atoms with van der Waals surface area (Å²) < 4.78 is 27.6. The Morgan fingerprint density at radius 1 is 1.15 bits per heavy atom. The number of piperazine rings is 1. The molecule has 1 aliphatic heterocycles. The van der Waals surface area contributed by atoms with Gasteiger partial charge in [-0.25, -0.2) is 23.4 Å². The number of nitrogens with zero attached hydrogens (tertiary/aromatic N) is 6. The minimum Gasteiger partial charge on any atom is -0.365 e. The largest absolute Gasteiger partial charge is 0.365 e. The Bertz CT molecular complexity index is 889. The van der Waals surface area contributed by atoms with Crippen LogP contribution in [0.15, 0.2) is 17.1 Å². The Morgan fingerprint density at radius 2 is 1.81 bits per heavy atom. The molecule has 0 amide bonds. The molecule has 4 rings (SSSR count). The maximum atomic E-state index is 13.2. The molecule has 0 spiro atoms. The first-order valence-corrected chi connectivity index (χ1v) is 9.20. The minimum atomic E-state index is -2.61. The van der Waals surface area contributed by atoms with Crippen molar-refractivity contribution in [2.45, 2.75) is 25.2 Å². The highest BCUT2D eigenvalue weighted by molar-refractivity contribution is 6.33. The summed E-state index contributed by atoms with van der Waals surface area (Å²) in [6.07, 6.45) is 0.864. The summed E-state index contributed by atoms with van der Waals surface area (Å²) in [5.74, 6) is 1.26. The van der Waals surface area contributed by atoms with Crippen LogP contribution < -0.4 is 15.4 Å². The van der Waals surface area contributed by atoms with Crippen molar-refractivity contribution < 1.29 is 8.78 Å². The zero-order valence-corrected chi connectivity index (χ0v) is 15.5. The van der Waals surface area contributed by atoms with Gasteiger partial charge in [0.25, 0.3) is 12.0 Å². The molecule has 144 valence electrons. The fourth-order valence-corrected chi connectivity index (χ4v) is 3.46. The molecule has 1 saturated carbocycles. The Hall–Kier alpha value is -2.29. The third-order valence-electron chi connectivity index (χ3n) is 4.92. The maximum Gasteiger partial charge on any atom is 0.287 e. The van der Waals surface area contributed by atoms with Crippen molar-refractivity contribution in [1.82, 2.24) is 19.7 Å². The van der Waals surface area contributed by atoms with Crippen LogP contribution in [0.2, 0.25) is 5.02 Å². The molecule has 2 fully saturated rings. The van der Waals surface area contributed by atoms with Gasteiger partial charge >= 0.3 is 0 Å². The monoisotopic (exact) mass is 396 g/mol. The fourth-order valence-electron chi connectivity index (χ4n) is 3.17. The van der Waals surface area contributed by atoms with Gasteiger partial charge < -0.3 is 9.80 Å². The van der Waals surface area contributed by atoms with E-state index in [1.165, 1.54) is 10.7 Å². The molecule has 0 aromatic carbocycles. The first-order valence-electron chi connectivity index (χ1n) is 8.82. The Kier molecular flexibility index (Phi) is 4.71. The SMILES string of the molecule is Cn1ncc(N2CCN(c3cc(C(F)F)nc(C4CC4)n3)CC2)c(Cl)c1=O. The molecule has 10 heteroatoms. The quantitative estimate of drug-likeness (QED) is 0.790. The van der Waals surface area contributed by atoms with Gasteiger partial charge in [0.1, 0.15) is 22.4 Å². The van der Waals surface area contributed by atoms with E-state index in [1.54, 1.807) is 13.2 Å². The van der Waals surface area contributed by atoms with Crippen LogP contribution in [0.1, 0.15) is 36.7 Å². The van der Waals surface area contributed by atoms with Crippen molar-refractivity contribution in [3.63, 3.8) is 0 Å². The Morgan fingerprint density at radius 3 is 2.44 bits per heavy atom. The van der Waals surface area contributed by atoms with E-state index in [0.29, 0.717) is 43.5 Å². The Balaban J connectivity index is 1.53. The third kappa shape index (κ3) is 3.60. The van der Waals surface area contributed by atoms with Gasteiger partial charge in [0, 0.05) is 45.2 Å². The van der Waals surface area contributed by atoms with E-state index in [0.717, 1.165) is 12.8 Å². The number of alkyl halides is 2. The van der Waals surface area contributed by atoms with Crippen LogP contribution in [-0.4, -0.2) is 45.9 Å². The van der Waals surface area contributed by atoms with E-state index in [-0.39, 0.29) is 22.2 Å². The summed E-state index contributed by atoms with van der Waals surface area (Å²) >= 11 is 6.17. The lowest BCUT2D eigenvalue weighted by atomic mass is 10.2. The average molecular weight is 397 g/mol. The van der Waals surface area contributed by atoms with Crippen LogP contribution in [-0.2, 0) is 7.05 Å². The van der Waals surface area contributed by atoms with E-state index in [9.17, 15) is 13.6 Å². The Labute approximate surface area is 159 Å². The number of aryl methyl sites for hydroxylation is 1. The molecule has 3 heterocycles. The van der Waals surface area contributed by atoms with Crippen LogP contribution in [0.25, 0.3) is 0 Å². The fraction of sp³-hybridized carbons (Fsp3) is 0.529. The summed E-state index contributed by atoms with van der Waals surface area (Å²) in [5.41, 5.74) is 0.0280. The molecule has 2 aromatic rings. The topological polar surface area (TPSA) is 67.2 Å². The van der Waals surface area contributed by atoms with Gasteiger partial charge in [-0.3, -0.25) is 4.79 Å². The highest BCUT2D eigenvalue weighted by atomic mass is 35.5.